The molecule has 0 aliphatic heterocycles. The lowest BCUT2D eigenvalue weighted by atomic mass is 9.72. The lowest BCUT2D eigenvalue weighted by Gasteiger charge is -2.32. The van der Waals surface area contributed by atoms with Gasteiger partial charge in [0.15, 0.2) is 11.5 Å². The third-order valence-corrected chi connectivity index (χ3v) is 7.82. The van der Waals surface area contributed by atoms with Crippen molar-refractivity contribution in [2.45, 2.75) is 58.0 Å². The van der Waals surface area contributed by atoms with Gasteiger partial charge in [-0.1, -0.05) is 48.0 Å². The van der Waals surface area contributed by atoms with Gasteiger partial charge in [-0.2, -0.15) is 0 Å². The van der Waals surface area contributed by atoms with Crippen LogP contribution in [0, 0.1) is 5.92 Å². The minimum atomic E-state index is -0.773. The third kappa shape index (κ3) is 7.17. The van der Waals surface area contributed by atoms with Crippen molar-refractivity contribution in [3.05, 3.63) is 81.6 Å². The summed E-state index contributed by atoms with van der Waals surface area (Å²) in [6.07, 6.45) is 1.74. The number of ketones is 2. The first-order valence-corrected chi connectivity index (χ1v) is 14.3. The fourth-order valence-corrected chi connectivity index (χ4v) is 5.41. The zero-order valence-corrected chi connectivity index (χ0v) is 25.0. The van der Waals surface area contributed by atoms with Gasteiger partial charge in [-0.15, -0.1) is 0 Å². The zero-order chi connectivity index (χ0) is 29.9. The molecule has 2 aromatic rings. The van der Waals surface area contributed by atoms with E-state index >= 15 is 0 Å². The van der Waals surface area contributed by atoms with Crippen molar-refractivity contribution in [3.8, 4) is 0 Å². The van der Waals surface area contributed by atoms with E-state index in [1.165, 1.54) is 22.4 Å². The molecule has 4 rings (SSSR count). The molecule has 41 heavy (non-hydrogen) atoms. The van der Waals surface area contributed by atoms with Gasteiger partial charge in [-0.3, -0.25) is 9.59 Å². The monoisotopic (exact) mass is 580 g/mol. The molecule has 0 atom stereocenters. The summed E-state index contributed by atoms with van der Waals surface area (Å²) >= 11 is 6.05. The van der Waals surface area contributed by atoms with Crippen LogP contribution < -0.4 is 0 Å². The number of carbonyl (C=O) groups is 4. The van der Waals surface area contributed by atoms with E-state index in [2.05, 4.69) is 0 Å². The summed E-state index contributed by atoms with van der Waals surface area (Å²) in [6.45, 7) is 5.66. The van der Waals surface area contributed by atoms with Crippen LogP contribution in [0.1, 0.15) is 78.7 Å². The van der Waals surface area contributed by atoms with Gasteiger partial charge >= 0.3 is 12.2 Å². The van der Waals surface area contributed by atoms with Gasteiger partial charge in [0.05, 0.1) is 5.57 Å². The number of nitrogens with zero attached hydrogens (tertiary/aromatic N) is 2. The van der Waals surface area contributed by atoms with E-state index in [1.807, 2.05) is 24.3 Å². The van der Waals surface area contributed by atoms with Crippen LogP contribution in [0.3, 0.4) is 0 Å². The first-order chi connectivity index (χ1) is 19.4. The molecule has 0 spiro atoms. The van der Waals surface area contributed by atoms with Crippen molar-refractivity contribution >= 4 is 35.4 Å². The van der Waals surface area contributed by atoms with Crippen LogP contribution in [0.15, 0.2) is 59.9 Å². The molecule has 1 fully saturated rings. The molecule has 0 aromatic heterocycles. The Morgan fingerprint density at radius 1 is 0.805 bits per heavy atom. The Hall–Kier alpha value is -3.65. The SMILES string of the molecule is CN(CCN(C)C(=O)OC(C)(C)C)C(=O)OC1=C(C2CCC(c3ccc(Cl)cc3)CC2)C(=O)c2ccccc2C1=O. The van der Waals surface area contributed by atoms with E-state index in [1.54, 1.807) is 52.1 Å². The van der Waals surface area contributed by atoms with E-state index in [0.29, 0.717) is 29.3 Å². The predicted octanol–water partition coefficient (Wildman–Crippen LogP) is 6.88. The lowest BCUT2D eigenvalue weighted by Crippen LogP contribution is -2.40. The second kappa shape index (κ2) is 12.5. The Morgan fingerprint density at radius 3 is 1.88 bits per heavy atom. The van der Waals surface area contributed by atoms with Gasteiger partial charge < -0.3 is 19.3 Å². The molecule has 218 valence electrons. The van der Waals surface area contributed by atoms with Crippen LogP contribution in [-0.2, 0) is 9.47 Å². The number of Topliss-reactive ketones (excluding diaryl/α,β-unsaturated/α-hetero) is 2. The van der Waals surface area contributed by atoms with Crippen molar-refractivity contribution in [3.63, 3.8) is 0 Å². The van der Waals surface area contributed by atoms with Crippen molar-refractivity contribution in [1.82, 2.24) is 9.80 Å². The molecule has 0 radical (unpaired) electrons. The molecule has 0 bridgehead atoms. The van der Waals surface area contributed by atoms with Gasteiger partial charge in [-0.05, 0) is 76.0 Å². The number of hydrogen-bond donors (Lipinski definition) is 0. The molecule has 1 saturated carbocycles. The Morgan fingerprint density at radius 2 is 1.32 bits per heavy atom. The first-order valence-electron chi connectivity index (χ1n) is 13.9. The Balaban J connectivity index is 1.51. The smallest absolute Gasteiger partial charge is 0.415 e. The normalized spacial score (nSPS) is 19.0. The molecule has 0 saturated heterocycles. The van der Waals surface area contributed by atoms with E-state index in [9.17, 15) is 19.2 Å². The number of amides is 2. The molecular weight excluding hydrogens is 544 g/mol. The summed E-state index contributed by atoms with van der Waals surface area (Å²) in [7, 11) is 3.10. The van der Waals surface area contributed by atoms with Crippen LogP contribution in [0.5, 0.6) is 0 Å². The summed E-state index contributed by atoms with van der Waals surface area (Å²) in [5, 5.41) is 0.686. The highest BCUT2D eigenvalue weighted by Crippen LogP contribution is 2.42. The van der Waals surface area contributed by atoms with Crippen molar-refractivity contribution < 1.29 is 28.7 Å². The highest BCUT2D eigenvalue weighted by molar-refractivity contribution is 6.30. The largest absolute Gasteiger partial charge is 0.444 e. The highest BCUT2D eigenvalue weighted by Gasteiger charge is 2.40. The van der Waals surface area contributed by atoms with Crippen LogP contribution in [0.4, 0.5) is 9.59 Å². The van der Waals surface area contributed by atoms with Crippen molar-refractivity contribution in [1.29, 1.82) is 0 Å². The average molecular weight is 581 g/mol. The lowest BCUT2D eigenvalue weighted by molar-refractivity contribution is 0.0285. The molecule has 8 nitrogen and oxygen atoms in total. The third-order valence-electron chi connectivity index (χ3n) is 7.57. The topological polar surface area (TPSA) is 93.2 Å². The molecule has 0 unspecified atom stereocenters. The van der Waals surface area contributed by atoms with Gasteiger partial charge in [-0.25, -0.2) is 9.59 Å². The fraction of sp³-hybridized carbons (Fsp3) is 0.438. The number of hydrogen-bond acceptors (Lipinski definition) is 6. The van der Waals surface area contributed by atoms with Gasteiger partial charge in [0, 0.05) is 43.3 Å². The van der Waals surface area contributed by atoms with Crippen LogP contribution in [0.2, 0.25) is 5.02 Å². The summed E-state index contributed by atoms with van der Waals surface area (Å²) in [6, 6.07) is 14.5. The maximum Gasteiger partial charge on any atom is 0.415 e. The Bertz CT molecular complexity index is 1350. The fourth-order valence-electron chi connectivity index (χ4n) is 5.28. The number of fused-ring (bicyclic) bond motifs is 1. The number of ether oxygens (including phenoxy) is 2. The van der Waals surface area contributed by atoms with E-state index in [4.69, 9.17) is 21.1 Å². The predicted molar refractivity (Wildman–Crippen MR) is 156 cm³/mol. The molecule has 0 heterocycles. The molecule has 2 aromatic carbocycles. The zero-order valence-electron chi connectivity index (χ0n) is 24.2. The van der Waals surface area contributed by atoms with Crippen molar-refractivity contribution in [2.24, 2.45) is 5.92 Å². The Kier molecular flexibility index (Phi) is 9.22. The summed E-state index contributed by atoms with van der Waals surface area (Å²) < 4.78 is 11.1. The second-order valence-corrected chi connectivity index (χ2v) is 12.2. The molecule has 9 heteroatoms. The quantitative estimate of drug-likeness (QED) is 0.370. The summed E-state index contributed by atoms with van der Waals surface area (Å²) in [4.78, 5) is 55.4. The van der Waals surface area contributed by atoms with Gasteiger partial charge in [0.2, 0.25) is 5.78 Å². The van der Waals surface area contributed by atoms with Crippen LogP contribution in [-0.4, -0.2) is 66.3 Å². The molecule has 2 amide bonds. The number of carbonyl (C=O) groups excluding carboxylic acids is 4. The molecular formula is C32H37ClN2O6. The standard InChI is InChI=1S/C32H37ClN2O6/c1-32(2,3)41-31(39)35(5)19-18-34(4)30(38)40-29-26(27(36)24-8-6-7-9-25(24)28(29)37)22-12-10-20(11-13-22)21-14-16-23(33)17-15-21/h6-9,14-17,20,22H,10-13,18-19H2,1-5H3. The van der Waals surface area contributed by atoms with Crippen molar-refractivity contribution in [2.75, 3.05) is 27.2 Å². The van der Waals surface area contributed by atoms with Gasteiger partial charge in [0.1, 0.15) is 5.60 Å². The number of rotatable bonds is 6. The van der Waals surface area contributed by atoms with E-state index < -0.39 is 23.6 Å². The maximum atomic E-state index is 13.7. The number of benzene rings is 2. The molecule has 2 aliphatic carbocycles. The first kappa shape index (κ1) is 30.3. The Labute approximate surface area is 246 Å². The van der Waals surface area contributed by atoms with Crippen LogP contribution in [0.25, 0.3) is 0 Å². The number of halogens is 1. The van der Waals surface area contributed by atoms with E-state index in [0.717, 1.165) is 12.8 Å². The summed E-state index contributed by atoms with van der Waals surface area (Å²) in [5.41, 5.74) is 1.39. The maximum absolute atomic E-state index is 13.7. The van der Waals surface area contributed by atoms with Gasteiger partial charge in [0.25, 0.3) is 0 Å². The number of allylic oxidation sites excluding steroid dienone is 2. The summed E-state index contributed by atoms with van der Waals surface area (Å²) in [5.74, 6) is -0.825. The van der Waals surface area contributed by atoms with Crippen LogP contribution >= 0.6 is 11.6 Å². The van der Waals surface area contributed by atoms with E-state index in [-0.39, 0.29) is 41.7 Å². The molecule has 0 N–H and O–H groups in total. The second-order valence-electron chi connectivity index (χ2n) is 11.7. The molecule has 2 aliphatic rings. The highest BCUT2D eigenvalue weighted by atomic mass is 35.5. The average Bonchev–Trinajstić information content (AvgIpc) is 2.94. The minimum Gasteiger partial charge on any atom is -0.444 e. The number of likely N-dealkylation sites (N-methyl/N-ethyl adjacent to an activating group) is 2. The minimum absolute atomic E-state index is 0.141.